The van der Waals surface area contributed by atoms with E-state index in [0.717, 1.165) is 12.1 Å². The van der Waals surface area contributed by atoms with Crippen molar-refractivity contribution in [1.82, 2.24) is 10.6 Å². The van der Waals surface area contributed by atoms with Gasteiger partial charge in [-0.25, -0.2) is 4.39 Å². The van der Waals surface area contributed by atoms with E-state index in [4.69, 9.17) is 12.2 Å². The van der Waals surface area contributed by atoms with Crippen molar-refractivity contribution < 1.29 is 4.39 Å². The zero-order valence-corrected chi connectivity index (χ0v) is 11.3. The molecule has 0 saturated heterocycles. The Morgan fingerprint density at radius 2 is 1.88 bits per heavy atom. The number of benzene rings is 1. The van der Waals surface area contributed by atoms with Gasteiger partial charge in [0.2, 0.25) is 0 Å². The quantitative estimate of drug-likeness (QED) is 0.808. The Hall–Kier alpha value is -1.16. The molecule has 0 aliphatic carbocycles. The molecule has 0 unspecified atom stereocenters. The van der Waals surface area contributed by atoms with Gasteiger partial charge in [0.15, 0.2) is 5.11 Å². The summed E-state index contributed by atoms with van der Waals surface area (Å²) in [5.41, 5.74) is 1.04. The Bertz CT molecular complexity index is 362. The number of rotatable bonds is 4. The van der Waals surface area contributed by atoms with Crippen molar-refractivity contribution in [1.29, 1.82) is 0 Å². The third-order valence-corrected chi connectivity index (χ3v) is 2.78. The maximum atomic E-state index is 12.9. The molecule has 1 atom stereocenters. The SMILES string of the molecule is CCNC(=S)N[C@H](c1ccc(F)cc1)C(C)C. The fourth-order valence-electron chi connectivity index (χ4n) is 1.66. The molecule has 2 N–H and O–H groups in total. The first-order valence-electron chi connectivity index (χ1n) is 5.84. The fraction of sp³-hybridized carbons (Fsp3) is 0.462. The van der Waals surface area contributed by atoms with Gasteiger partial charge >= 0.3 is 0 Å². The second kappa shape index (κ2) is 6.55. The lowest BCUT2D eigenvalue weighted by Crippen LogP contribution is -2.39. The molecule has 0 saturated carbocycles. The van der Waals surface area contributed by atoms with Gasteiger partial charge in [-0.2, -0.15) is 0 Å². The summed E-state index contributed by atoms with van der Waals surface area (Å²) in [5, 5.41) is 6.94. The number of hydrogen-bond acceptors (Lipinski definition) is 1. The summed E-state index contributed by atoms with van der Waals surface area (Å²) in [6.07, 6.45) is 0. The molecular weight excluding hydrogens is 235 g/mol. The van der Waals surface area contributed by atoms with E-state index >= 15 is 0 Å². The molecule has 0 aliphatic heterocycles. The molecule has 4 heteroatoms. The molecule has 0 spiro atoms. The van der Waals surface area contributed by atoms with E-state index in [1.807, 2.05) is 6.92 Å². The average molecular weight is 254 g/mol. The smallest absolute Gasteiger partial charge is 0.166 e. The molecular formula is C13H19FN2S. The molecule has 0 fully saturated rings. The fourth-order valence-corrected chi connectivity index (χ4v) is 1.93. The molecule has 0 aliphatic rings. The van der Waals surface area contributed by atoms with Crippen LogP contribution in [0.4, 0.5) is 4.39 Å². The van der Waals surface area contributed by atoms with Crippen LogP contribution in [0.1, 0.15) is 32.4 Å². The molecule has 0 heterocycles. The zero-order valence-electron chi connectivity index (χ0n) is 10.5. The summed E-state index contributed by atoms with van der Waals surface area (Å²) >= 11 is 5.18. The molecule has 2 nitrogen and oxygen atoms in total. The first kappa shape index (κ1) is 13.9. The lowest BCUT2D eigenvalue weighted by Gasteiger charge is -2.24. The Morgan fingerprint density at radius 3 is 2.35 bits per heavy atom. The molecule has 1 rings (SSSR count). The van der Waals surface area contributed by atoms with Crippen LogP contribution in [0.25, 0.3) is 0 Å². The highest BCUT2D eigenvalue weighted by Crippen LogP contribution is 2.21. The van der Waals surface area contributed by atoms with Crippen LogP contribution in [0, 0.1) is 11.7 Å². The third-order valence-electron chi connectivity index (χ3n) is 2.52. The van der Waals surface area contributed by atoms with E-state index < -0.39 is 0 Å². The molecule has 94 valence electrons. The number of nitrogens with one attached hydrogen (secondary N) is 2. The highest BCUT2D eigenvalue weighted by Gasteiger charge is 2.16. The van der Waals surface area contributed by atoms with E-state index in [9.17, 15) is 4.39 Å². The average Bonchev–Trinajstić information content (AvgIpc) is 2.27. The second-order valence-corrected chi connectivity index (χ2v) is 4.69. The molecule has 0 bridgehead atoms. The topological polar surface area (TPSA) is 24.1 Å². The summed E-state index contributed by atoms with van der Waals surface area (Å²) in [5.74, 6) is 0.155. The minimum Gasteiger partial charge on any atom is -0.363 e. The van der Waals surface area contributed by atoms with Crippen molar-refractivity contribution in [2.24, 2.45) is 5.92 Å². The Labute approximate surface area is 108 Å². The van der Waals surface area contributed by atoms with Crippen LogP contribution in [0.3, 0.4) is 0 Å². The lowest BCUT2D eigenvalue weighted by atomic mass is 9.96. The van der Waals surface area contributed by atoms with Crippen molar-refractivity contribution in [2.45, 2.75) is 26.8 Å². The summed E-state index contributed by atoms with van der Waals surface area (Å²) in [4.78, 5) is 0. The van der Waals surface area contributed by atoms with Crippen LogP contribution in [0.2, 0.25) is 0 Å². The van der Waals surface area contributed by atoms with Gasteiger partial charge in [0, 0.05) is 6.54 Å². The van der Waals surface area contributed by atoms with Gasteiger partial charge in [0.25, 0.3) is 0 Å². The summed E-state index contributed by atoms with van der Waals surface area (Å²) in [6, 6.07) is 6.64. The van der Waals surface area contributed by atoms with E-state index in [-0.39, 0.29) is 11.9 Å². The van der Waals surface area contributed by atoms with Crippen molar-refractivity contribution in [3.63, 3.8) is 0 Å². The lowest BCUT2D eigenvalue weighted by molar-refractivity contribution is 0.468. The van der Waals surface area contributed by atoms with E-state index in [0.29, 0.717) is 11.0 Å². The predicted molar refractivity (Wildman–Crippen MR) is 73.4 cm³/mol. The van der Waals surface area contributed by atoms with Crippen molar-refractivity contribution in [3.8, 4) is 0 Å². The highest BCUT2D eigenvalue weighted by molar-refractivity contribution is 7.80. The maximum absolute atomic E-state index is 12.9. The molecule has 0 aromatic heterocycles. The first-order valence-corrected chi connectivity index (χ1v) is 6.25. The highest BCUT2D eigenvalue weighted by atomic mass is 32.1. The van der Waals surface area contributed by atoms with Crippen LogP contribution in [-0.4, -0.2) is 11.7 Å². The summed E-state index contributed by atoms with van der Waals surface area (Å²) in [7, 11) is 0. The van der Waals surface area contributed by atoms with Gasteiger partial charge in [-0.05, 0) is 42.8 Å². The van der Waals surface area contributed by atoms with Gasteiger partial charge in [0.05, 0.1) is 6.04 Å². The standard InChI is InChI=1S/C13H19FN2S/c1-4-15-13(17)16-12(9(2)3)10-5-7-11(14)8-6-10/h5-9,12H,4H2,1-3H3,(H2,15,16,17)/t12-/m0/s1. The Kier molecular flexibility index (Phi) is 5.35. The van der Waals surface area contributed by atoms with Crippen LogP contribution in [-0.2, 0) is 0 Å². The summed E-state index contributed by atoms with van der Waals surface area (Å²) in [6.45, 7) is 7.00. The van der Waals surface area contributed by atoms with Crippen molar-refractivity contribution in [2.75, 3.05) is 6.54 Å². The van der Waals surface area contributed by atoms with Gasteiger partial charge in [-0.15, -0.1) is 0 Å². The molecule has 0 amide bonds. The normalized spacial score (nSPS) is 12.3. The van der Waals surface area contributed by atoms with Crippen LogP contribution in [0.15, 0.2) is 24.3 Å². The van der Waals surface area contributed by atoms with Gasteiger partial charge in [0.1, 0.15) is 5.82 Å². The zero-order chi connectivity index (χ0) is 12.8. The first-order chi connectivity index (χ1) is 8.04. The number of halogens is 1. The van der Waals surface area contributed by atoms with E-state index in [1.165, 1.54) is 12.1 Å². The van der Waals surface area contributed by atoms with Gasteiger partial charge in [-0.3, -0.25) is 0 Å². The third kappa shape index (κ3) is 4.30. The van der Waals surface area contributed by atoms with Crippen LogP contribution in [0.5, 0.6) is 0 Å². The van der Waals surface area contributed by atoms with Gasteiger partial charge < -0.3 is 10.6 Å². The molecule has 1 aromatic rings. The number of thiocarbonyl (C=S) groups is 1. The molecule has 1 aromatic carbocycles. The summed E-state index contributed by atoms with van der Waals surface area (Å²) < 4.78 is 12.9. The largest absolute Gasteiger partial charge is 0.363 e. The monoisotopic (exact) mass is 254 g/mol. The van der Waals surface area contributed by atoms with Crippen molar-refractivity contribution >= 4 is 17.3 Å². The predicted octanol–water partition coefficient (Wildman–Crippen LogP) is 3.01. The number of hydrogen-bond donors (Lipinski definition) is 2. The minimum absolute atomic E-state index is 0.0992. The van der Waals surface area contributed by atoms with Gasteiger partial charge in [-0.1, -0.05) is 26.0 Å². The molecule has 17 heavy (non-hydrogen) atoms. The van der Waals surface area contributed by atoms with Crippen molar-refractivity contribution in [3.05, 3.63) is 35.6 Å². The van der Waals surface area contributed by atoms with Crippen LogP contribution < -0.4 is 10.6 Å². The minimum atomic E-state index is -0.217. The van der Waals surface area contributed by atoms with E-state index in [2.05, 4.69) is 24.5 Å². The van der Waals surface area contributed by atoms with Crippen LogP contribution >= 0.6 is 12.2 Å². The molecule has 0 radical (unpaired) electrons. The second-order valence-electron chi connectivity index (χ2n) is 4.28. The Balaban J connectivity index is 2.79. The van der Waals surface area contributed by atoms with E-state index in [1.54, 1.807) is 12.1 Å². The Morgan fingerprint density at radius 1 is 1.29 bits per heavy atom. The maximum Gasteiger partial charge on any atom is 0.166 e.